The van der Waals surface area contributed by atoms with Crippen LogP contribution in [-0.2, 0) is 12.8 Å². The fourth-order valence-electron chi connectivity index (χ4n) is 2.19. The Morgan fingerprint density at radius 1 is 1.15 bits per heavy atom. The Bertz CT molecular complexity index is 596. The van der Waals surface area contributed by atoms with E-state index in [9.17, 15) is 9.50 Å². The van der Waals surface area contributed by atoms with E-state index >= 15 is 0 Å². The minimum Gasteiger partial charge on any atom is -0.389 e. The molecular formula is C16H15BrClFO. The molecule has 4 heteroatoms. The zero-order valence-corrected chi connectivity index (χ0v) is 13.4. The second-order valence-corrected chi connectivity index (χ2v) is 6.56. The molecule has 1 N–H and O–H groups in total. The number of hydrogen-bond acceptors (Lipinski definition) is 1. The Hall–Kier alpha value is -0.900. The Morgan fingerprint density at radius 3 is 2.45 bits per heavy atom. The predicted octanol–water partition coefficient (Wildman–Crippen LogP) is 4.78. The minimum absolute atomic E-state index is 0.218. The van der Waals surface area contributed by atoms with Crippen molar-refractivity contribution >= 4 is 27.5 Å². The molecular weight excluding hydrogens is 343 g/mol. The van der Waals surface area contributed by atoms with Gasteiger partial charge in [0.05, 0.1) is 5.60 Å². The van der Waals surface area contributed by atoms with E-state index < -0.39 is 5.60 Å². The molecule has 2 rings (SSSR count). The molecule has 0 radical (unpaired) electrons. The third kappa shape index (κ3) is 4.30. The number of benzene rings is 2. The summed E-state index contributed by atoms with van der Waals surface area (Å²) in [6.07, 6.45) is 0.668. The highest BCUT2D eigenvalue weighted by Crippen LogP contribution is 2.23. The molecule has 0 aromatic heterocycles. The summed E-state index contributed by atoms with van der Waals surface area (Å²) in [6.45, 7) is 1.70. The van der Waals surface area contributed by atoms with Gasteiger partial charge in [-0.25, -0.2) is 4.39 Å². The second kappa shape index (κ2) is 6.25. The maximum absolute atomic E-state index is 13.7. The third-order valence-electron chi connectivity index (χ3n) is 3.08. The lowest BCUT2D eigenvalue weighted by Crippen LogP contribution is -2.30. The molecule has 0 aliphatic heterocycles. The van der Waals surface area contributed by atoms with Gasteiger partial charge in [0, 0.05) is 22.3 Å². The van der Waals surface area contributed by atoms with Crippen LogP contribution in [0.2, 0.25) is 5.02 Å². The van der Waals surface area contributed by atoms with Gasteiger partial charge >= 0.3 is 0 Å². The van der Waals surface area contributed by atoms with Gasteiger partial charge in [-0.05, 0) is 48.4 Å². The number of hydrogen-bond donors (Lipinski definition) is 1. The van der Waals surface area contributed by atoms with E-state index in [4.69, 9.17) is 11.6 Å². The van der Waals surface area contributed by atoms with E-state index in [2.05, 4.69) is 15.9 Å². The van der Waals surface area contributed by atoms with Gasteiger partial charge in [0.2, 0.25) is 0 Å². The highest BCUT2D eigenvalue weighted by atomic mass is 79.9. The number of aliphatic hydroxyl groups is 1. The molecule has 0 fully saturated rings. The lowest BCUT2D eigenvalue weighted by atomic mass is 9.89. The molecule has 2 aromatic rings. The second-order valence-electron chi connectivity index (χ2n) is 5.21. The molecule has 1 unspecified atom stereocenters. The molecule has 106 valence electrons. The quantitative estimate of drug-likeness (QED) is 0.835. The smallest absolute Gasteiger partial charge is 0.126 e. The average Bonchev–Trinajstić information content (AvgIpc) is 2.36. The zero-order valence-electron chi connectivity index (χ0n) is 11.0. The molecule has 0 amide bonds. The SMILES string of the molecule is CC(O)(Cc1ccc(Br)cc1)Cc1cc(Cl)ccc1F. The first-order valence-corrected chi connectivity index (χ1v) is 7.44. The van der Waals surface area contributed by atoms with E-state index in [1.54, 1.807) is 13.0 Å². The van der Waals surface area contributed by atoms with Crippen molar-refractivity contribution in [1.82, 2.24) is 0 Å². The summed E-state index contributed by atoms with van der Waals surface area (Å²) >= 11 is 9.24. The van der Waals surface area contributed by atoms with E-state index in [1.165, 1.54) is 12.1 Å². The van der Waals surface area contributed by atoms with Gasteiger partial charge in [-0.1, -0.05) is 39.7 Å². The largest absolute Gasteiger partial charge is 0.389 e. The van der Waals surface area contributed by atoms with E-state index in [-0.39, 0.29) is 12.2 Å². The maximum Gasteiger partial charge on any atom is 0.126 e. The monoisotopic (exact) mass is 356 g/mol. The van der Waals surface area contributed by atoms with Crippen LogP contribution in [0.3, 0.4) is 0 Å². The average molecular weight is 358 g/mol. The van der Waals surface area contributed by atoms with Crippen molar-refractivity contribution in [1.29, 1.82) is 0 Å². The minimum atomic E-state index is -1.03. The van der Waals surface area contributed by atoms with Gasteiger partial charge in [0.1, 0.15) is 5.82 Å². The van der Waals surface area contributed by atoms with Gasteiger partial charge in [-0.2, -0.15) is 0 Å². The first kappa shape index (κ1) is 15.5. The molecule has 0 aliphatic rings. The fourth-order valence-corrected chi connectivity index (χ4v) is 2.65. The van der Waals surface area contributed by atoms with Crippen molar-refractivity contribution in [3.05, 3.63) is 68.9 Å². The Labute approximate surface area is 131 Å². The topological polar surface area (TPSA) is 20.2 Å². The first-order chi connectivity index (χ1) is 9.35. The number of rotatable bonds is 4. The molecule has 20 heavy (non-hydrogen) atoms. The Balaban J connectivity index is 2.14. The predicted molar refractivity (Wildman–Crippen MR) is 83.6 cm³/mol. The molecule has 0 spiro atoms. The first-order valence-electron chi connectivity index (χ1n) is 6.26. The molecule has 0 saturated heterocycles. The van der Waals surface area contributed by atoms with Crippen LogP contribution in [0.1, 0.15) is 18.1 Å². The summed E-state index contributed by atoms with van der Waals surface area (Å²) in [5, 5.41) is 11.0. The van der Waals surface area contributed by atoms with Crippen molar-refractivity contribution in [3.63, 3.8) is 0 Å². The highest BCUT2D eigenvalue weighted by Gasteiger charge is 2.23. The molecule has 1 atom stereocenters. The standard InChI is InChI=1S/C16H15BrClFO/c1-16(20,9-11-2-4-13(17)5-3-11)10-12-8-14(18)6-7-15(12)19/h2-8,20H,9-10H2,1H3. The fraction of sp³-hybridized carbons (Fsp3) is 0.250. The molecule has 0 saturated carbocycles. The van der Waals surface area contributed by atoms with Crippen LogP contribution in [0.5, 0.6) is 0 Å². The van der Waals surface area contributed by atoms with E-state index in [1.807, 2.05) is 24.3 Å². The van der Waals surface area contributed by atoms with E-state index in [0.29, 0.717) is 17.0 Å². The van der Waals surface area contributed by atoms with Gasteiger partial charge in [-0.15, -0.1) is 0 Å². The lowest BCUT2D eigenvalue weighted by molar-refractivity contribution is 0.0599. The van der Waals surface area contributed by atoms with Crippen LogP contribution < -0.4 is 0 Å². The van der Waals surface area contributed by atoms with Crippen LogP contribution in [0.25, 0.3) is 0 Å². The summed E-state index contributed by atoms with van der Waals surface area (Å²) < 4.78 is 14.7. The maximum atomic E-state index is 13.7. The third-order valence-corrected chi connectivity index (χ3v) is 3.84. The molecule has 1 nitrogen and oxygen atoms in total. The molecule has 0 bridgehead atoms. The molecule has 2 aromatic carbocycles. The normalized spacial score (nSPS) is 14.1. The van der Waals surface area contributed by atoms with Crippen LogP contribution in [0, 0.1) is 5.82 Å². The van der Waals surface area contributed by atoms with Crippen LogP contribution in [0.15, 0.2) is 46.9 Å². The van der Waals surface area contributed by atoms with Crippen LogP contribution >= 0.6 is 27.5 Å². The van der Waals surface area contributed by atoms with Crippen molar-refractivity contribution in [2.75, 3.05) is 0 Å². The summed E-state index contributed by atoms with van der Waals surface area (Å²) in [7, 11) is 0. The van der Waals surface area contributed by atoms with Gasteiger partial charge < -0.3 is 5.11 Å². The van der Waals surface area contributed by atoms with Crippen molar-refractivity contribution in [3.8, 4) is 0 Å². The lowest BCUT2D eigenvalue weighted by Gasteiger charge is -2.24. The van der Waals surface area contributed by atoms with Gasteiger partial charge in [0.15, 0.2) is 0 Å². The zero-order chi connectivity index (χ0) is 14.8. The summed E-state index contributed by atoms with van der Waals surface area (Å²) in [6, 6.07) is 12.1. The summed E-state index contributed by atoms with van der Waals surface area (Å²) in [5.74, 6) is -0.342. The van der Waals surface area contributed by atoms with Crippen LogP contribution in [-0.4, -0.2) is 10.7 Å². The number of halogens is 3. The van der Waals surface area contributed by atoms with Crippen molar-refractivity contribution in [2.24, 2.45) is 0 Å². The van der Waals surface area contributed by atoms with E-state index in [0.717, 1.165) is 10.0 Å². The van der Waals surface area contributed by atoms with Gasteiger partial charge in [-0.3, -0.25) is 0 Å². The Kier molecular flexibility index (Phi) is 4.84. The summed E-state index contributed by atoms with van der Waals surface area (Å²) in [4.78, 5) is 0. The highest BCUT2D eigenvalue weighted by molar-refractivity contribution is 9.10. The van der Waals surface area contributed by atoms with Crippen molar-refractivity contribution < 1.29 is 9.50 Å². The van der Waals surface area contributed by atoms with Crippen LogP contribution in [0.4, 0.5) is 4.39 Å². The molecule has 0 heterocycles. The Morgan fingerprint density at radius 2 is 1.80 bits per heavy atom. The van der Waals surface area contributed by atoms with Crippen molar-refractivity contribution in [2.45, 2.75) is 25.4 Å². The molecule has 0 aliphatic carbocycles. The van der Waals surface area contributed by atoms with Gasteiger partial charge in [0.25, 0.3) is 0 Å². The summed E-state index contributed by atoms with van der Waals surface area (Å²) in [5.41, 5.74) is 0.402.